The van der Waals surface area contributed by atoms with Crippen molar-refractivity contribution >= 4 is 10.9 Å². The van der Waals surface area contributed by atoms with E-state index >= 15 is 0 Å². The van der Waals surface area contributed by atoms with Gasteiger partial charge in [0.15, 0.2) is 0 Å². The number of aromatic nitrogens is 3. The predicted molar refractivity (Wildman–Crippen MR) is 65.2 cm³/mol. The first kappa shape index (κ1) is 9.21. The molecular weight excluding hydrogens is 198 g/mol. The van der Waals surface area contributed by atoms with Crippen molar-refractivity contribution in [1.82, 2.24) is 14.5 Å². The molecule has 0 saturated carbocycles. The van der Waals surface area contributed by atoms with E-state index in [-0.39, 0.29) is 0 Å². The Balaban J connectivity index is 2.32. The Morgan fingerprint density at radius 2 is 2.06 bits per heavy atom. The molecule has 3 heteroatoms. The fourth-order valence-electron chi connectivity index (χ4n) is 2.11. The third kappa shape index (κ3) is 1.25. The third-order valence-electron chi connectivity index (χ3n) is 2.89. The summed E-state index contributed by atoms with van der Waals surface area (Å²) in [5.74, 6) is 0.947. The van der Waals surface area contributed by atoms with Crippen molar-refractivity contribution in [3.05, 3.63) is 42.5 Å². The summed E-state index contributed by atoms with van der Waals surface area (Å²) < 4.78 is 2.14. The summed E-state index contributed by atoms with van der Waals surface area (Å²) in [6.45, 7) is 1.97. The number of H-pyrrole nitrogens is 1. The van der Waals surface area contributed by atoms with Crippen LogP contribution in [-0.2, 0) is 7.05 Å². The number of imidazole rings is 1. The normalized spacial score (nSPS) is 11.1. The summed E-state index contributed by atoms with van der Waals surface area (Å²) >= 11 is 0. The minimum atomic E-state index is 0.947. The van der Waals surface area contributed by atoms with Crippen LogP contribution in [0.5, 0.6) is 0 Å². The molecular formula is C13H13N3. The standard InChI is InChI=1S/C13H13N3/c1-9-14-7-12(15-9)11-8-16(2)13-6-4-3-5-10(11)13/h3-8H,1-2H3,(H,14,15). The first-order valence-electron chi connectivity index (χ1n) is 5.32. The van der Waals surface area contributed by atoms with Gasteiger partial charge >= 0.3 is 0 Å². The molecule has 3 aromatic rings. The van der Waals surface area contributed by atoms with Crippen LogP contribution in [0.3, 0.4) is 0 Å². The van der Waals surface area contributed by atoms with Gasteiger partial charge in [0.05, 0.1) is 11.9 Å². The summed E-state index contributed by atoms with van der Waals surface area (Å²) in [6.07, 6.45) is 4.02. The van der Waals surface area contributed by atoms with E-state index in [2.05, 4.69) is 52.0 Å². The minimum Gasteiger partial charge on any atom is -0.350 e. The van der Waals surface area contributed by atoms with Crippen LogP contribution in [-0.4, -0.2) is 14.5 Å². The number of benzene rings is 1. The quantitative estimate of drug-likeness (QED) is 0.659. The maximum absolute atomic E-state index is 4.24. The molecule has 0 aliphatic carbocycles. The maximum Gasteiger partial charge on any atom is 0.103 e. The zero-order chi connectivity index (χ0) is 11.1. The molecule has 0 aliphatic rings. The molecule has 1 aromatic carbocycles. The average Bonchev–Trinajstić information content (AvgIpc) is 2.84. The fraction of sp³-hybridized carbons (Fsp3) is 0.154. The molecule has 0 aliphatic heterocycles. The fourth-order valence-corrected chi connectivity index (χ4v) is 2.11. The Kier molecular flexibility index (Phi) is 1.86. The van der Waals surface area contributed by atoms with E-state index in [9.17, 15) is 0 Å². The van der Waals surface area contributed by atoms with Gasteiger partial charge in [0.1, 0.15) is 5.82 Å². The lowest BCUT2D eigenvalue weighted by molar-refractivity contribution is 0.969. The topological polar surface area (TPSA) is 33.6 Å². The third-order valence-corrected chi connectivity index (χ3v) is 2.89. The number of hydrogen-bond donors (Lipinski definition) is 1. The molecule has 0 amide bonds. The number of para-hydroxylation sites is 1. The Morgan fingerprint density at radius 1 is 1.25 bits per heavy atom. The predicted octanol–water partition coefficient (Wildman–Crippen LogP) is 2.88. The van der Waals surface area contributed by atoms with Crippen LogP contribution >= 0.6 is 0 Å². The molecule has 0 saturated heterocycles. The van der Waals surface area contributed by atoms with Gasteiger partial charge in [-0.2, -0.15) is 0 Å². The van der Waals surface area contributed by atoms with Crippen molar-refractivity contribution in [3.63, 3.8) is 0 Å². The molecule has 2 heterocycles. The molecule has 0 radical (unpaired) electrons. The van der Waals surface area contributed by atoms with E-state index < -0.39 is 0 Å². The number of nitrogens with zero attached hydrogens (tertiary/aromatic N) is 2. The molecule has 80 valence electrons. The van der Waals surface area contributed by atoms with Gasteiger partial charge in [-0.25, -0.2) is 4.98 Å². The van der Waals surface area contributed by atoms with Gasteiger partial charge in [-0.05, 0) is 13.0 Å². The summed E-state index contributed by atoms with van der Waals surface area (Å²) in [7, 11) is 2.06. The van der Waals surface area contributed by atoms with Crippen LogP contribution in [0.15, 0.2) is 36.7 Å². The van der Waals surface area contributed by atoms with Gasteiger partial charge in [-0.1, -0.05) is 18.2 Å². The van der Waals surface area contributed by atoms with E-state index in [0.29, 0.717) is 0 Å². The second kappa shape index (κ2) is 3.23. The zero-order valence-electron chi connectivity index (χ0n) is 9.36. The first-order valence-corrected chi connectivity index (χ1v) is 5.32. The number of nitrogens with one attached hydrogen (secondary N) is 1. The zero-order valence-corrected chi connectivity index (χ0v) is 9.36. The second-order valence-corrected chi connectivity index (χ2v) is 4.05. The monoisotopic (exact) mass is 211 g/mol. The van der Waals surface area contributed by atoms with E-state index in [1.807, 2.05) is 13.1 Å². The number of aromatic amines is 1. The molecule has 3 rings (SSSR count). The highest BCUT2D eigenvalue weighted by atomic mass is 14.9. The van der Waals surface area contributed by atoms with E-state index in [1.165, 1.54) is 16.5 Å². The van der Waals surface area contributed by atoms with Crippen LogP contribution in [0.1, 0.15) is 5.82 Å². The molecule has 1 N–H and O–H groups in total. The highest BCUT2D eigenvalue weighted by molar-refractivity contribution is 5.94. The Labute approximate surface area is 93.7 Å². The lowest BCUT2D eigenvalue weighted by atomic mass is 10.1. The molecule has 16 heavy (non-hydrogen) atoms. The smallest absolute Gasteiger partial charge is 0.103 e. The van der Waals surface area contributed by atoms with Crippen LogP contribution in [0, 0.1) is 6.92 Å². The lowest BCUT2D eigenvalue weighted by Gasteiger charge is -1.94. The maximum atomic E-state index is 4.24. The van der Waals surface area contributed by atoms with Crippen molar-refractivity contribution in [3.8, 4) is 11.3 Å². The molecule has 3 nitrogen and oxygen atoms in total. The Hall–Kier alpha value is -2.03. The van der Waals surface area contributed by atoms with Gasteiger partial charge in [0.25, 0.3) is 0 Å². The minimum absolute atomic E-state index is 0.947. The summed E-state index contributed by atoms with van der Waals surface area (Å²) in [4.78, 5) is 7.52. The van der Waals surface area contributed by atoms with Crippen LogP contribution in [0.2, 0.25) is 0 Å². The van der Waals surface area contributed by atoms with Crippen LogP contribution in [0.4, 0.5) is 0 Å². The van der Waals surface area contributed by atoms with Gasteiger partial charge in [0.2, 0.25) is 0 Å². The second-order valence-electron chi connectivity index (χ2n) is 4.05. The van der Waals surface area contributed by atoms with Crippen molar-refractivity contribution in [2.24, 2.45) is 7.05 Å². The van der Waals surface area contributed by atoms with E-state index in [4.69, 9.17) is 0 Å². The SMILES string of the molecule is Cc1ncc(-c2cn(C)c3ccccc23)[nH]1. The van der Waals surface area contributed by atoms with Gasteiger partial charge in [-0.15, -0.1) is 0 Å². The highest BCUT2D eigenvalue weighted by Crippen LogP contribution is 2.28. The van der Waals surface area contributed by atoms with Gasteiger partial charge < -0.3 is 9.55 Å². The van der Waals surface area contributed by atoms with Crippen LogP contribution in [0.25, 0.3) is 22.2 Å². The van der Waals surface area contributed by atoms with Crippen molar-refractivity contribution in [2.75, 3.05) is 0 Å². The van der Waals surface area contributed by atoms with Crippen LogP contribution < -0.4 is 0 Å². The number of hydrogen-bond acceptors (Lipinski definition) is 1. The van der Waals surface area contributed by atoms with Gasteiger partial charge in [0, 0.05) is 29.7 Å². The number of aryl methyl sites for hydroxylation is 2. The number of fused-ring (bicyclic) bond motifs is 1. The summed E-state index contributed by atoms with van der Waals surface area (Å²) in [6, 6.07) is 8.39. The van der Waals surface area contributed by atoms with E-state index in [1.54, 1.807) is 0 Å². The Bertz CT molecular complexity index is 646. The summed E-state index contributed by atoms with van der Waals surface area (Å²) in [5, 5.41) is 1.26. The molecule has 0 fully saturated rings. The largest absolute Gasteiger partial charge is 0.350 e. The van der Waals surface area contributed by atoms with Crippen molar-refractivity contribution in [2.45, 2.75) is 6.92 Å². The summed E-state index contributed by atoms with van der Waals surface area (Å²) in [5.41, 5.74) is 3.53. The van der Waals surface area contributed by atoms with Gasteiger partial charge in [-0.3, -0.25) is 0 Å². The average molecular weight is 211 g/mol. The Morgan fingerprint density at radius 3 is 2.81 bits per heavy atom. The highest BCUT2D eigenvalue weighted by Gasteiger charge is 2.09. The molecule has 0 atom stereocenters. The lowest BCUT2D eigenvalue weighted by Crippen LogP contribution is -1.81. The molecule has 0 spiro atoms. The van der Waals surface area contributed by atoms with E-state index in [0.717, 1.165) is 11.5 Å². The van der Waals surface area contributed by atoms with Crippen molar-refractivity contribution < 1.29 is 0 Å². The molecule has 2 aromatic heterocycles. The van der Waals surface area contributed by atoms with Crippen molar-refractivity contribution in [1.29, 1.82) is 0 Å². The first-order chi connectivity index (χ1) is 7.75. The molecule has 0 unspecified atom stereocenters. The number of rotatable bonds is 1. The molecule has 0 bridgehead atoms.